The Morgan fingerprint density at radius 3 is 2.70 bits per heavy atom. The number of halogens is 1. The molecule has 3 heterocycles. The van der Waals surface area contributed by atoms with Crippen molar-refractivity contribution in [2.24, 2.45) is 0 Å². The van der Waals surface area contributed by atoms with Crippen LogP contribution < -0.4 is 9.80 Å². The van der Waals surface area contributed by atoms with Crippen molar-refractivity contribution in [3.63, 3.8) is 0 Å². The van der Waals surface area contributed by atoms with E-state index in [1.54, 1.807) is 4.90 Å². The lowest BCUT2D eigenvalue weighted by atomic mass is 9.95. The quantitative estimate of drug-likeness (QED) is 0.379. The maximum absolute atomic E-state index is 13.0. The van der Waals surface area contributed by atoms with Gasteiger partial charge in [0.25, 0.3) is 0 Å². The summed E-state index contributed by atoms with van der Waals surface area (Å²) in [6.07, 6.45) is 5.86. The first-order chi connectivity index (χ1) is 19.6. The van der Waals surface area contributed by atoms with Crippen LogP contribution in [0.15, 0.2) is 60.3 Å². The molecule has 1 aliphatic carbocycles. The van der Waals surface area contributed by atoms with Gasteiger partial charge in [-0.3, -0.25) is 0 Å². The number of aryl methyl sites for hydroxylation is 1. The van der Waals surface area contributed by atoms with E-state index in [9.17, 15) is 10.1 Å². The van der Waals surface area contributed by atoms with E-state index in [-0.39, 0.29) is 24.4 Å². The lowest BCUT2D eigenvalue weighted by molar-refractivity contribution is 0.0768. The molecule has 8 nitrogen and oxygen atoms in total. The van der Waals surface area contributed by atoms with E-state index in [0.717, 1.165) is 54.9 Å². The molecule has 0 saturated carbocycles. The second-order valence-corrected chi connectivity index (χ2v) is 10.7. The summed E-state index contributed by atoms with van der Waals surface area (Å²) in [6.45, 7) is 2.66. The van der Waals surface area contributed by atoms with Crippen molar-refractivity contribution in [2.75, 3.05) is 36.0 Å². The van der Waals surface area contributed by atoms with Gasteiger partial charge < -0.3 is 19.4 Å². The zero-order chi connectivity index (χ0) is 27.5. The number of benzene rings is 2. The topological polar surface area (TPSA) is 85.6 Å². The van der Waals surface area contributed by atoms with Crippen molar-refractivity contribution in [2.45, 2.75) is 44.8 Å². The molecule has 40 heavy (non-hydrogen) atoms. The molecule has 1 fully saturated rings. The average Bonchev–Trinajstić information content (AvgIpc) is 2.99. The van der Waals surface area contributed by atoms with Gasteiger partial charge >= 0.3 is 6.09 Å². The fraction of sp³-hybridized carbons (Fsp3) is 0.355. The molecule has 3 aromatic rings. The molecule has 1 atom stereocenters. The van der Waals surface area contributed by atoms with E-state index in [1.807, 2.05) is 30.3 Å². The van der Waals surface area contributed by atoms with Crippen LogP contribution in [0.3, 0.4) is 0 Å². The Morgan fingerprint density at radius 2 is 1.85 bits per heavy atom. The third kappa shape index (κ3) is 5.34. The standard InChI is InChI=1S/C31H31ClN6O2/c32-30-34-27-19-24(37-16-6-10-23-9-4-5-11-28(23)37)12-13-26(27)29(35-30)36-17-18-38(25(20-36)14-15-33)31(39)40-21-22-7-2-1-3-8-22/h1-5,7-9,11,19,25H,6,10,12-14,16-18,20-21H2/t25-/m0/s1. The fourth-order valence-electron chi connectivity index (χ4n) is 5.98. The van der Waals surface area contributed by atoms with Crippen molar-refractivity contribution >= 4 is 35.3 Å². The van der Waals surface area contributed by atoms with Gasteiger partial charge in [-0.1, -0.05) is 48.5 Å². The van der Waals surface area contributed by atoms with Crippen LogP contribution in [0.1, 0.15) is 41.6 Å². The lowest BCUT2D eigenvalue weighted by Gasteiger charge is -2.41. The van der Waals surface area contributed by atoms with Gasteiger partial charge in [-0.05, 0) is 60.6 Å². The zero-order valence-electron chi connectivity index (χ0n) is 22.3. The van der Waals surface area contributed by atoms with Crippen molar-refractivity contribution in [1.82, 2.24) is 14.9 Å². The van der Waals surface area contributed by atoms with Gasteiger partial charge in [0.05, 0.1) is 24.2 Å². The molecule has 1 amide bonds. The van der Waals surface area contributed by atoms with E-state index in [2.05, 4.69) is 56.2 Å². The monoisotopic (exact) mass is 554 g/mol. The van der Waals surface area contributed by atoms with Gasteiger partial charge in [-0.15, -0.1) is 0 Å². The summed E-state index contributed by atoms with van der Waals surface area (Å²) in [7, 11) is 0. The molecule has 0 unspecified atom stereocenters. The predicted octanol–water partition coefficient (Wildman–Crippen LogP) is 5.61. The second kappa shape index (κ2) is 11.6. The van der Waals surface area contributed by atoms with E-state index >= 15 is 0 Å². The Labute approximate surface area is 239 Å². The predicted molar refractivity (Wildman–Crippen MR) is 155 cm³/mol. The molecule has 0 radical (unpaired) electrons. The molecule has 2 aromatic carbocycles. The minimum atomic E-state index is -0.402. The maximum Gasteiger partial charge on any atom is 0.410 e. The first-order valence-electron chi connectivity index (χ1n) is 13.8. The summed E-state index contributed by atoms with van der Waals surface area (Å²) in [5.74, 6) is 0.796. The SMILES string of the molecule is N#CC[C@H]1CN(c2nc(Cl)nc3c2CCC(N2CCCc4ccccc42)=C3)CCN1C(=O)OCc1ccccc1. The van der Waals surface area contributed by atoms with Crippen molar-refractivity contribution < 1.29 is 9.53 Å². The Balaban J connectivity index is 1.21. The van der Waals surface area contributed by atoms with E-state index in [1.165, 1.54) is 16.9 Å². The third-order valence-electron chi connectivity index (χ3n) is 7.93. The summed E-state index contributed by atoms with van der Waals surface area (Å²) >= 11 is 6.46. The minimum absolute atomic E-state index is 0.199. The number of carbonyl (C=O) groups is 1. The van der Waals surface area contributed by atoms with Gasteiger partial charge in [0.1, 0.15) is 12.4 Å². The molecule has 0 spiro atoms. The van der Waals surface area contributed by atoms with Crippen LogP contribution >= 0.6 is 11.6 Å². The number of anilines is 2. The van der Waals surface area contributed by atoms with Crippen molar-refractivity contribution in [1.29, 1.82) is 5.26 Å². The summed E-state index contributed by atoms with van der Waals surface area (Å²) in [6, 6.07) is 20.1. The number of nitriles is 1. The molecule has 204 valence electrons. The molecule has 0 N–H and O–H groups in total. The summed E-state index contributed by atoms with van der Waals surface area (Å²) in [5.41, 5.74) is 6.74. The average molecular weight is 555 g/mol. The molecule has 6 rings (SSSR count). The first kappa shape index (κ1) is 26.1. The Bertz CT molecular complexity index is 1470. The highest BCUT2D eigenvalue weighted by Crippen LogP contribution is 2.37. The number of hydrogen-bond donors (Lipinski definition) is 0. The van der Waals surface area contributed by atoms with Crippen LogP contribution in [0, 0.1) is 11.3 Å². The second-order valence-electron chi connectivity index (χ2n) is 10.4. The molecular formula is C31H31ClN6O2. The smallest absolute Gasteiger partial charge is 0.410 e. The molecular weight excluding hydrogens is 524 g/mol. The van der Waals surface area contributed by atoms with Gasteiger partial charge in [0.15, 0.2) is 0 Å². The van der Waals surface area contributed by atoms with E-state index < -0.39 is 6.09 Å². The minimum Gasteiger partial charge on any atom is -0.445 e. The van der Waals surface area contributed by atoms with Crippen LogP contribution in [-0.2, 0) is 24.2 Å². The number of ether oxygens (including phenoxy) is 1. The van der Waals surface area contributed by atoms with E-state index in [4.69, 9.17) is 16.3 Å². The Morgan fingerprint density at radius 1 is 1.02 bits per heavy atom. The van der Waals surface area contributed by atoms with Crippen LogP contribution in [0.2, 0.25) is 5.28 Å². The highest BCUT2D eigenvalue weighted by molar-refractivity contribution is 6.28. The van der Waals surface area contributed by atoms with Gasteiger partial charge in [0.2, 0.25) is 5.28 Å². The number of hydrogen-bond acceptors (Lipinski definition) is 7. The number of aromatic nitrogens is 2. The molecule has 3 aliphatic rings. The van der Waals surface area contributed by atoms with Crippen molar-refractivity contribution in [3.8, 4) is 6.07 Å². The molecule has 9 heteroatoms. The number of amides is 1. The van der Waals surface area contributed by atoms with Crippen LogP contribution in [-0.4, -0.2) is 53.2 Å². The zero-order valence-corrected chi connectivity index (χ0v) is 23.1. The van der Waals surface area contributed by atoms with Gasteiger partial charge in [-0.25, -0.2) is 14.8 Å². The number of nitrogens with zero attached hydrogens (tertiary/aromatic N) is 6. The summed E-state index contributed by atoms with van der Waals surface area (Å²) < 4.78 is 5.59. The number of para-hydroxylation sites is 1. The maximum atomic E-state index is 13.0. The number of fused-ring (bicyclic) bond motifs is 2. The van der Waals surface area contributed by atoms with Gasteiger partial charge in [0, 0.05) is 43.1 Å². The number of carbonyl (C=O) groups excluding carboxylic acids is 1. The first-order valence-corrected chi connectivity index (χ1v) is 14.2. The van der Waals surface area contributed by atoms with Crippen LogP contribution in [0.5, 0.6) is 0 Å². The van der Waals surface area contributed by atoms with E-state index in [0.29, 0.717) is 19.6 Å². The Hall–Kier alpha value is -4.09. The normalized spacial score (nSPS) is 18.4. The molecule has 2 aliphatic heterocycles. The number of rotatable bonds is 5. The largest absolute Gasteiger partial charge is 0.445 e. The fourth-order valence-corrected chi connectivity index (χ4v) is 6.15. The Kier molecular flexibility index (Phi) is 7.56. The highest BCUT2D eigenvalue weighted by Gasteiger charge is 2.34. The number of allylic oxidation sites excluding steroid dienone is 1. The molecule has 1 saturated heterocycles. The highest BCUT2D eigenvalue weighted by atomic mass is 35.5. The summed E-state index contributed by atoms with van der Waals surface area (Å²) in [5, 5.41) is 9.74. The lowest BCUT2D eigenvalue weighted by Crippen LogP contribution is -2.55. The molecule has 0 bridgehead atoms. The van der Waals surface area contributed by atoms with Gasteiger partial charge in [-0.2, -0.15) is 5.26 Å². The van der Waals surface area contributed by atoms with Crippen LogP contribution in [0.4, 0.5) is 16.3 Å². The van der Waals surface area contributed by atoms with Crippen LogP contribution in [0.25, 0.3) is 6.08 Å². The third-order valence-corrected chi connectivity index (χ3v) is 8.10. The molecule has 1 aromatic heterocycles. The number of piperazine rings is 1. The van der Waals surface area contributed by atoms with Crippen molar-refractivity contribution in [3.05, 3.63) is 88.0 Å². The summed E-state index contributed by atoms with van der Waals surface area (Å²) in [4.78, 5) is 28.5.